The van der Waals surface area contributed by atoms with Crippen molar-refractivity contribution in [2.24, 2.45) is 17.4 Å². The summed E-state index contributed by atoms with van der Waals surface area (Å²) in [5.74, 6) is -1.74. The molecule has 2 rings (SSSR count). The van der Waals surface area contributed by atoms with Crippen LogP contribution in [0.25, 0.3) is 0 Å². The number of carboxylic acids is 1. The molecule has 1 aromatic carbocycles. The van der Waals surface area contributed by atoms with Crippen LogP contribution in [0.3, 0.4) is 0 Å². The Morgan fingerprint density at radius 1 is 1.30 bits per heavy atom. The van der Waals surface area contributed by atoms with Crippen molar-refractivity contribution in [3.05, 3.63) is 29.8 Å². The number of piperidine rings is 1. The van der Waals surface area contributed by atoms with Gasteiger partial charge in [-0.2, -0.15) is 0 Å². The van der Waals surface area contributed by atoms with Crippen molar-refractivity contribution in [1.29, 1.82) is 0 Å². The minimum atomic E-state index is -0.956. The zero-order valence-electron chi connectivity index (χ0n) is 15.6. The van der Waals surface area contributed by atoms with Crippen LogP contribution in [-0.4, -0.2) is 35.5 Å². The number of aliphatic carboxylic acids is 1. The Hall–Kier alpha value is -2.45. The third kappa shape index (κ3) is 5.77. The second-order valence-corrected chi connectivity index (χ2v) is 6.92. The number of nitrogens with two attached hydrogens (primary N) is 2. The minimum absolute atomic E-state index is 0.0667. The lowest BCUT2D eigenvalue weighted by Gasteiger charge is -2.32. The number of carboxylic acid groups (broad SMARTS) is 1. The van der Waals surface area contributed by atoms with Crippen molar-refractivity contribution in [2.75, 3.05) is 11.4 Å². The Morgan fingerprint density at radius 3 is 2.52 bits per heavy atom. The van der Waals surface area contributed by atoms with E-state index in [9.17, 15) is 14.4 Å². The Labute approximate surface area is 158 Å². The monoisotopic (exact) mass is 376 g/mol. The van der Waals surface area contributed by atoms with E-state index >= 15 is 0 Å². The Kier molecular flexibility index (Phi) is 7.32. The second kappa shape index (κ2) is 9.48. The summed E-state index contributed by atoms with van der Waals surface area (Å²) in [5.41, 5.74) is 12.8. The maximum Gasteiger partial charge on any atom is 0.305 e. The summed E-state index contributed by atoms with van der Waals surface area (Å²) in [6.07, 6.45) is 1.35. The molecule has 0 bridgehead atoms. The summed E-state index contributed by atoms with van der Waals surface area (Å²) in [7, 11) is 0. The highest BCUT2D eigenvalue weighted by Crippen LogP contribution is 2.27. The van der Waals surface area contributed by atoms with Gasteiger partial charge in [-0.3, -0.25) is 14.4 Å². The van der Waals surface area contributed by atoms with E-state index in [0.29, 0.717) is 19.4 Å². The first-order valence-corrected chi connectivity index (χ1v) is 9.25. The van der Waals surface area contributed by atoms with E-state index in [4.69, 9.17) is 16.6 Å². The molecule has 8 nitrogen and oxygen atoms in total. The van der Waals surface area contributed by atoms with Crippen LogP contribution in [0.2, 0.25) is 0 Å². The number of nitrogens with zero attached hydrogens (tertiary/aromatic N) is 1. The molecule has 2 atom stereocenters. The van der Waals surface area contributed by atoms with Crippen LogP contribution in [0, 0.1) is 5.92 Å². The number of rotatable bonds is 8. The van der Waals surface area contributed by atoms with Crippen molar-refractivity contribution in [3.63, 3.8) is 0 Å². The van der Waals surface area contributed by atoms with Crippen LogP contribution < -0.4 is 21.7 Å². The molecule has 27 heavy (non-hydrogen) atoms. The molecule has 1 fully saturated rings. The Morgan fingerprint density at radius 2 is 1.96 bits per heavy atom. The summed E-state index contributed by atoms with van der Waals surface area (Å²) in [4.78, 5) is 37.6. The number of amides is 2. The second-order valence-electron chi connectivity index (χ2n) is 6.92. The SMILES string of the molecule is CCC(CC(=O)O)NC(=O)CC1CCCN(c2ccc(C(N)N)cc2)C1=O. The van der Waals surface area contributed by atoms with Crippen molar-refractivity contribution in [3.8, 4) is 0 Å². The first-order valence-electron chi connectivity index (χ1n) is 9.25. The van der Waals surface area contributed by atoms with E-state index < -0.39 is 24.1 Å². The highest BCUT2D eigenvalue weighted by molar-refractivity contribution is 5.98. The van der Waals surface area contributed by atoms with Gasteiger partial charge in [0.1, 0.15) is 0 Å². The number of anilines is 1. The van der Waals surface area contributed by atoms with Crippen molar-refractivity contribution in [1.82, 2.24) is 5.32 Å². The first-order chi connectivity index (χ1) is 12.8. The maximum absolute atomic E-state index is 12.8. The molecule has 1 aliphatic rings. The van der Waals surface area contributed by atoms with Gasteiger partial charge < -0.3 is 26.8 Å². The van der Waals surface area contributed by atoms with Gasteiger partial charge in [-0.05, 0) is 37.0 Å². The molecule has 1 aliphatic heterocycles. The fourth-order valence-electron chi connectivity index (χ4n) is 3.29. The molecule has 0 spiro atoms. The summed E-state index contributed by atoms with van der Waals surface area (Å²) in [5, 5.41) is 11.6. The van der Waals surface area contributed by atoms with Crippen molar-refractivity contribution >= 4 is 23.5 Å². The van der Waals surface area contributed by atoms with Gasteiger partial charge in [0.15, 0.2) is 0 Å². The summed E-state index contributed by atoms with van der Waals surface area (Å²) in [6.45, 7) is 2.42. The van der Waals surface area contributed by atoms with E-state index in [-0.39, 0.29) is 24.7 Å². The van der Waals surface area contributed by atoms with E-state index in [1.165, 1.54) is 0 Å². The zero-order valence-corrected chi connectivity index (χ0v) is 15.6. The quantitative estimate of drug-likeness (QED) is 0.501. The van der Waals surface area contributed by atoms with Gasteiger partial charge in [-0.25, -0.2) is 0 Å². The predicted molar refractivity (Wildman–Crippen MR) is 102 cm³/mol. The highest BCUT2D eigenvalue weighted by Gasteiger charge is 2.31. The van der Waals surface area contributed by atoms with E-state index in [1.807, 2.05) is 19.1 Å². The molecule has 0 radical (unpaired) electrons. The topological polar surface area (TPSA) is 139 Å². The number of hydrogen-bond acceptors (Lipinski definition) is 5. The van der Waals surface area contributed by atoms with Crippen LogP contribution in [0.15, 0.2) is 24.3 Å². The smallest absolute Gasteiger partial charge is 0.305 e. The summed E-state index contributed by atoms with van der Waals surface area (Å²) in [6, 6.07) is 6.78. The number of hydrogen-bond donors (Lipinski definition) is 4. The molecular formula is C19H28N4O4. The lowest BCUT2D eigenvalue weighted by molar-refractivity contribution is -0.138. The number of benzene rings is 1. The van der Waals surface area contributed by atoms with Crippen LogP contribution >= 0.6 is 0 Å². The lowest BCUT2D eigenvalue weighted by atomic mass is 9.92. The molecule has 0 aromatic heterocycles. The molecule has 1 aromatic rings. The normalized spacial score (nSPS) is 18.4. The average molecular weight is 376 g/mol. The molecule has 148 valence electrons. The number of nitrogens with one attached hydrogen (secondary N) is 1. The van der Waals surface area contributed by atoms with Crippen molar-refractivity contribution in [2.45, 2.75) is 51.2 Å². The van der Waals surface area contributed by atoms with Gasteiger partial charge in [0.2, 0.25) is 11.8 Å². The predicted octanol–water partition coefficient (Wildman–Crippen LogP) is 1.11. The van der Waals surface area contributed by atoms with Crippen LogP contribution in [-0.2, 0) is 14.4 Å². The summed E-state index contributed by atoms with van der Waals surface area (Å²) >= 11 is 0. The molecule has 2 unspecified atom stereocenters. The third-order valence-corrected chi connectivity index (χ3v) is 4.85. The minimum Gasteiger partial charge on any atom is -0.481 e. The maximum atomic E-state index is 12.8. The van der Waals surface area contributed by atoms with E-state index in [1.54, 1.807) is 17.0 Å². The van der Waals surface area contributed by atoms with Gasteiger partial charge in [0, 0.05) is 30.6 Å². The molecular weight excluding hydrogens is 348 g/mol. The van der Waals surface area contributed by atoms with Gasteiger partial charge in [-0.15, -0.1) is 0 Å². The highest BCUT2D eigenvalue weighted by atomic mass is 16.4. The van der Waals surface area contributed by atoms with E-state index in [2.05, 4.69) is 5.32 Å². The van der Waals surface area contributed by atoms with Crippen molar-refractivity contribution < 1.29 is 19.5 Å². The molecule has 2 amide bonds. The number of carbonyl (C=O) groups excluding carboxylic acids is 2. The van der Waals surface area contributed by atoms with Crippen LogP contribution in [0.4, 0.5) is 5.69 Å². The van der Waals surface area contributed by atoms with Gasteiger partial charge >= 0.3 is 5.97 Å². The fourth-order valence-corrected chi connectivity index (χ4v) is 3.29. The molecule has 0 saturated carbocycles. The lowest BCUT2D eigenvalue weighted by Crippen LogP contribution is -2.44. The summed E-state index contributed by atoms with van der Waals surface area (Å²) < 4.78 is 0. The Balaban J connectivity index is 1.99. The van der Waals surface area contributed by atoms with Gasteiger partial charge in [-0.1, -0.05) is 19.1 Å². The first kappa shape index (κ1) is 20.9. The van der Waals surface area contributed by atoms with Crippen LogP contribution in [0.5, 0.6) is 0 Å². The Bertz CT molecular complexity index is 675. The molecule has 0 aliphatic carbocycles. The van der Waals surface area contributed by atoms with E-state index in [0.717, 1.165) is 17.7 Å². The third-order valence-electron chi connectivity index (χ3n) is 4.85. The molecule has 1 heterocycles. The largest absolute Gasteiger partial charge is 0.481 e. The molecule has 8 heteroatoms. The molecule has 1 saturated heterocycles. The zero-order chi connectivity index (χ0) is 20.0. The standard InChI is InChI=1S/C19H28N4O4/c1-2-14(11-17(25)26)22-16(24)10-13-4-3-9-23(19(13)27)15-7-5-12(6-8-15)18(20)21/h5-8,13-14,18H,2-4,9-11,20-21H2,1H3,(H,22,24)(H,25,26). The van der Waals surface area contributed by atoms with Gasteiger partial charge in [0.25, 0.3) is 0 Å². The van der Waals surface area contributed by atoms with Gasteiger partial charge in [0.05, 0.1) is 12.6 Å². The average Bonchev–Trinajstić information content (AvgIpc) is 2.62. The van der Waals surface area contributed by atoms with Crippen LogP contribution in [0.1, 0.15) is 50.8 Å². The fraction of sp³-hybridized carbons (Fsp3) is 0.526. The number of carbonyl (C=O) groups is 3. The molecule has 6 N–H and O–H groups in total.